The summed E-state index contributed by atoms with van der Waals surface area (Å²) in [6.45, 7) is 8.50. The summed E-state index contributed by atoms with van der Waals surface area (Å²) in [6, 6.07) is 9.42. The predicted octanol–water partition coefficient (Wildman–Crippen LogP) is 4.62. The summed E-state index contributed by atoms with van der Waals surface area (Å²) in [5, 5.41) is 0. The number of thioether (sulfide) groups is 1. The first-order valence-electron chi connectivity index (χ1n) is 12.7. The van der Waals surface area contributed by atoms with Crippen molar-refractivity contribution in [2.75, 3.05) is 24.8 Å². The predicted molar refractivity (Wildman–Crippen MR) is 153 cm³/mol. The maximum atomic E-state index is 13.8. The van der Waals surface area contributed by atoms with Gasteiger partial charge in [0, 0.05) is 19.3 Å². The summed E-state index contributed by atoms with van der Waals surface area (Å²) >= 11 is 6.80. The number of ether oxygens (including phenoxy) is 2. The van der Waals surface area contributed by atoms with Gasteiger partial charge >= 0.3 is 0 Å². The van der Waals surface area contributed by atoms with Crippen molar-refractivity contribution in [3.05, 3.63) is 68.5 Å². The highest BCUT2D eigenvalue weighted by Gasteiger charge is 2.34. The largest absolute Gasteiger partial charge is 0.454 e. The molecule has 0 aliphatic carbocycles. The van der Waals surface area contributed by atoms with Gasteiger partial charge in [-0.3, -0.25) is 18.9 Å². The standard InChI is InChI=1S/C28H28N4O4S2/c1-16-4-7-24-29-25(30-11-17(2)8-18(3)12-30)20(26(33)31(24)13-16)10-23-27(34)32(28(37)38-23)14-19-5-6-21-22(9-19)36-15-35-21/h4-7,9-10,13,17-18H,8,11-12,14-15H2,1-3H3. The lowest BCUT2D eigenvalue weighted by Crippen LogP contribution is -2.40. The van der Waals surface area contributed by atoms with E-state index < -0.39 is 0 Å². The SMILES string of the molecule is Cc1ccc2nc(N3CC(C)CC(C)C3)c(C=C3SC(=S)N(Cc4ccc5c(c4)OCO5)C3=O)c(=O)n2c1. The van der Waals surface area contributed by atoms with E-state index in [1.54, 1.807) is 21.6 Å². The molecule has 0 N–H and O–H groups in total. The second kappa shape index (κ2) is 9.74. The van der Waals surface area contributed by atoms with Crippen LogP contribution in [0.5, 0.6) is 11.5 Å². The molecule has 196 valence electrons. The normalized spacial score (nSPS) is 22.2. The van der Waals surface area contributed by atoms with Crippen LogP contribution in [0.25, 0.3) is 11.7 Å². The molecule has 1 amide bonds. The molecule has 38 heavy (non-hydrogen) atoms. The van der Waals surface area contributed by atoms with Crippen LogP contribution in [0.2, 0.25) is 0 Å². The molecule has 10 heteroatoms. The zero-order valence-electron chi connectivity index (χ0n) is 21.5. The zero-order chi connectivity index (χ0) is 26.6. The number of nitrogens with zero attached hydrogens (tertiary/aromatic N) is 4. The van der Waals surface area contributed by atoms with Gasteiger partial charge in [0.15, 0.2) is 11.5 Å². The van der Waals surface area contributed by atoms with Crippen molar-refractivity contribution < 1.29 is 14.3 Å². The number of piperidine rings is 1. The molecule has 3 aliphatic heterocycles. The Balaban J connectivity index is 1.39. The average Bonchev–Trinajstić information content (AvgIpc) is 3.45. The molecule has 2 aromatic heterocycles. The van der Waals surface area contributed by atoms with Crippen LogP contribution in [0.15, 0.2) is 46.2 Å². The minimum absolute atomic E-state index is 0.189. The highest BCUT2D eigenvalue weighted by atomic mass is 32.2. The number of hydrogen-bond acceptors (Lipinski definition) is 8. The number of amides is 1. The van der Waals surface area contributed by atoms with Crippen LogP contribution in [0.4, 0.5) is 5.82 Å². The maximum Gasteiger partial charge on any atom is 0.267 e. The van der Waals surface area contributed by atoms with E-state index >= 15 is 0 Å². The van der Waals surface area contributed by atoms with Crippen LogP contribution in [0, 0.1) is 18.8 Å². The number of aromatic nitrogens is 2. The molecule has 2 unspecified atom stereocenters. The first-order chi connectivity index (χ1) is 18.3. The third-order valence-corrected chi connectivity index (χ3v) is 8.46. The Morgan fingerprint density at radius 1 is 1.11 bits per heavy atom. The molecule has 0 spiro atoms. The summed E-state index contributed by atoms with van der Waals surface area (Å²) in [5.74, 6) is 2.70. The van der Waals surface area contributed by atoms with Gasteiger partial charge in [0.1, 0.15) is 15.8 Å². The van der Waals surface area contributed by atoms with Gasteiger partial charge in [0.25, 0.3) is 11.5 Å². The molecule has 2 atom stereocenters. The third kappa shape index (κ3) is 4.56. The Labute approximate surface area is 230 Å². The Morgan fingerprint density at radius 3 is 2.66 bits per heavy atom. The van der Waals surface area contributed by atoms with Crippen LogP contribution < -0.4 is 19.9 Å². The van der Waals surface area contributed by atoms with E-state index in [2.05, 4.69) is 18.7 Å². The topological polar surface area (TPSA) is 76.4 Å². The second-order valence-electron chi connectivity index (χ2n) is 10.4. The molecule has 5 heterocycles. The molecular weight excluding hydrogens is 520 g/mol. The van der Waals surface area contributed by atoms with Gasteiger partial charge in [-0.25, -0.2) is 4.98 Å². The van der Waals surface area contributed by atoms with Gasteiger partial charge < -0.3 is 14.4 Å². The van der Waals surface area contributed by atoms with E-state index in [4.69, 9.17) is 26.7 Å². The zero-order valence-corrected chi connectivity index (χ0v) is 23.1. The number of aryl methyl sites for hydroxylation is 1. The van der Waals surface area contributed by atoms with E-state index in [1.165, 1.54) is 11.8 Å². The molecule has 0 bridgehead atoms. The fourth-order valence-corrected chi connectivity index (χ4v) is 6.68. The molecular formula is C28H28N4O4S2. The minimum Gasteiger partial charge on any atom is -0.454 e. The number of fused-ring (bicyclic) bond motifs is 2. The summed E-state index contributed by atoms with van der Waals surface area (Å²) in [7, 11) is 0. The van der Waals surface area contributed by atoms with Crippen molar-refractivity contribution in [3.63, 3.8) is 0 Å². The van der Waals surface area contributed by atoms with Crippen LogP contribution in [0.1, 0.15) is 37.0 Å². The highest BCUT2D eigenvalue weighted by molar-refractivity contribution is 8.26. The maximum absolute atomic E-state index is 13.8. The van der Waals surface area contributed by atoms with Gasteiger partial charge in [-0.15, -0.1) is 0 Å². The van der Waals surface area contributed by atoms with E-state index in [0.717, 1.165) is 30.6 Å². The molecule has 0 saturated carbocycles. The van der Waals surface area contributed by atoms with Gasteiger partial charge in [-0.1, -0.05) is 50.0 Å². The molecule has 6 rings (SSSR count). The lowest BCUT2D eigenvalue weighted by atomic mass is 9.91. The van der Waals surface area contributed by atoms with Crippen LogP contribution in [-0.4, -0.2) is 44.4 Å². The van der Waals surface area contributed by atoms with Crippen molar-refractivity contribution in [2.45, 2.75) is 33.7 Å². The third-order valence-electron chi connectivity index (χ3n) is 7.08. The molecule has 0 radical (unpaired) electrons. The number of pyridine rings is 1. The van der Waals surface area contributed by atoms with E-state index in [-0.39, 0.29) is 18.3 Å². The minimum atomic E-state index is -0.224. The summed E-state index contributed by atoms with van der Waals surface area (Å²) in [5.41, 5.74) is 2.65. The van der Waals surface area contributed by atoms with Crippen LogP contribution in [-0.2, 0) is 11.3 Å². The summed E-state index contributed by atoms with van der Waals surface area (Å²) in [6.07, 6.45) is 4.61. The fraction of sp³-hybridized carbons (Fsp3) is 0.357. The number of hydrogen-bond donors (Lipinski definition) is 0. The molecule has 3 aliphatic rings. The monoisotopic (exact) mass is 548 g/mol. The average molecular weight is 549 g/mol. The Morgan fingerprint density at radius 2 is 1.87 bits per heavy atom. The molecule has 3 aromatic rings. The highest BCUT2D eigenvalue weighted by Crippen LogP contribution is 2.37. The number of benzene rings is 1. The Bertz CT molecular complexity index is 1560. The van der Waals surface area contributed by atoms with Crippen molar-refractivity contribution in [1.82, 2.24) is 14.3 Å². The molecule has 2 fully saturated rings. The fourth-order valence-electron chi connectivity index (χ4n) is 5.44. The van der Waals surface area contributed by atoms with Crippen molar-refractivity contribution >= 4 is 51.7 Å². The molecule has 8 nitrogen and oxygen atoms in total. The molecule has 2 saturated heterocycles. The van der Waals surface area contributed by atoms with E-state index in [0.29, 0.717) is 56.1 Å². The quantitative estimate of drug-likeness (QED) is 0.346. The van der Waals surface area contributed by atoms with E-state index in [1.807, 2.05) is 37.3 Å². The summed E-state index contributed by atoms with van der Waals surface area (Å²) < 4.78 is 12.9. The van der Waals surface area contributed by atoms with Gasteiger partial charge in [-0.05, 0) is 60.6 Å². The first kappa shape index (κ1) is 24.9. The van der Waals surface area contributed by atoms with Crippen molar-refractivity contribution in [2.24, 2.45) is 11.8 Å². The van der Waals surface area contributed by atoms with Crippen LogP contribution >= 0.6 is 24.0 Å². The number of thiocarbonyl (C=S) groups is 1. The van der Waals surface area contributed by atoms with Crippen LogP contribution in [0.3, 0.4) is 0 Å². The van der Waals surface area contributed by atoms with E-state index in [9.17, 15) is 9.59 Å². The number of rotatable bonds is 4. The first-order valence-corrected chi connectivity index (χ1v) is 13.9. The van der Waals surface area contributed by atoms with Crippen molar-refractivity contribution in [3.8, 4) is 11.5 Å². The number of carbonyl (C=O) groups excluding carboxylic acids is 1. The molecule has 1 aromatic carbocycles. The lowest BCUT2D eigenvalue weighted by Gasteiger charge is -2.36. The summed E-state index contributed by atoms with van der Waals surface area (Å²) in [4.78, 5) is 36.5. The second-order valence-corrected chi connectivity index (χ2v) is 12.1. The van der Waals surface area contributed by atoms with Gasteiger partial charge in [0.05, 0.1) is 17.0 Å². The van der Waals surface area contributed by atoms with Gasteiger partial charge in [0.2, 0.25) is 6.79 Å². The lowest BCUT2D eigenvalue weighted by molar-refractivity contribution is -0.122. The van der Waals surface area contributed by atoms with Gasteiger partial charge in [-0.2, -0.15) is 0 Å². The Hall–Kier alpha value is -3.37. The Kier molecular flexibility index (Phi) is 6.39. The number of anilines is 1. The number of carbonyl (C=O) groups is 1. The smallest absolute Gasteiger partial charge is 0.267 e. The van der Waals surface area contributed by atoms with Crippen molar-refractivity contribution in [1.29, 1.82) is 0 Å².